The van der Waals surface area contributed by atoms with E-state index in [1.54, 1.807) is 13.1 Å². The average molecular weight is 297 g/mol. The van der Waals surface area contributed by atoms with Gasteiger partial charge in [0.15, 0.2) is 5.58 Å². The summed E-state index contributed by atoms with van der Waals surface area (Å²) in [6.45, 7) is 0. The number of aromatic nitrogens is 1. The summed E-state index contributed by atoms with van der Waals surface area (Å²) >= 11 is 15.1. The van der Waals surface area contributed by atoms with Crippen LogP contribution in [0.15, 0.2) is 19.8 Å². The van der Waals surface area contributed by atoms with E-state index in [0.717, 1.165) is 0 Å². The van der Waals surface area contributed by atoms with E-state index in [2.05, 4.69) is 15.9 Å². The number of hydrogen-bond donors (Lipinski definition) is 0. The SMILES string of the molecule is Cn1c(=O)oc2cc(Cl)c(Br)c(Cl)c21. The molecule has 0 atom stereocenters. The maximum absolute atomic E-state index is 11.2. The highest BCUT2D eigenvalue weighted by Gasteiger charge is 2.15. The van der Waals surface area contributed by atoms with Crippen LogP contribution in [-0.2, 0) is 7.05 Å². The third-order valence-electron chi connectivity index (χ3n) is 1.91. The lowest BCUT2D eigenvalue weighted by molar-refractivity contribution is 0.528. The Hall–Kier alpha value is -0.450. The van der Waals surface area contributed by atoms with Crippen molar-refractivity contribution >= 4 is 50.2 Å². The van der Waals surface area contributed by atoms with Gasteiger partial charge in [0, 0.05) is 13.1 Å². The minimum atomic E-state index is -0.462. The van der Waals surface area contributed by atoms with E-state index >= 15 is 0 Å². The molecule has 1 aromatic heterocycles. The highest BCUT2D eigenvalue weighted by atomic mass is 79.9. The molecule has 0 aliphatic rings. The first-order chi connectivity index (χ1) is 6.52. The molecule has 6 heteroatoms. The van der Waals surface area contributed by atoms with Gasteiger partial charge in [-0.3, -0.25) is 4.57 Å². The number of halogens is 3. The molecule has 1 heterocycles. The van der Waals surface area contributed by atoms with Gasteiger partial charge in [0.25, 0.3) is 0 Å². The van der Waals surface area contributed by atoms with Crippen LogP contribution in [0, 0.1) is 0 Å². The Morgan fingerprint density at radius 3 is 2.79 bits per heavy atom. The molecule has 0 fully saturated rings. The zero-order valence-electron chi connectivity index (χ0n) is 6.97. The molecule has 0 saturated heterocycles. The molecule has 0 radical (unpaired) electrons. The molecule has 74 valence electrons. The van der Waals surface area contributed by atoms with Gasteiger partial charge in [0.05, 0.1) is 14.5 Å². The van der Waals surface area contributed by atoms with Crippen LogP contribution in [0.4, 0.5) is 0 Å². The van der Waals surface area contributed by atoms with Crippen molar-refractivity contribution in [3.05, 3.63) is 31.1 Å². The summed E-state index contributed by atoms with van der Waals surface area (Å²) in [5.74, 6) is -0.462. The molecule has 0 N–H and O–H groups in total. The monoisotopic (exact) mass is 295 g/mol. The Balaban J connectivity index is 3.06. The third kappa shape index (κ3) is 1.29. The van der Waals surface area contributed by atoms with E-state index in [1.807, 2.05) is 0 Å². The molecule has 0 aliphatic heterocycles. The predicted octanol–water partition coefficient (Wildman–Crippen LogP) is 3.20. The van der Waals surface area contributed by atoms with Gasteiger partial charge in [0.1, 0.15) is 5.52 Å². The van der Waals surface area contributed by atoms with Gasteiger partial charge >= 0.3 is 5.76 Å². The Morgan fingerprint density at radius 1 is 1.50 bits per heavy atom. The fourth-order valence-corrected chi connectivity index (χ4v) is 2.07. The fraction of sp³-hybridized carbons (Fsp3) is 0.125. The quantitative estimate of drug-likeness (QED) is 0.700. The molecule has 0 saturated carbocycles. The summed E-state index contributed by atoms with van der Waals surface area (Å²) in [5, 5.41) is 0.790. The topological polar surface area (TPSA) is 35.1 Å². The zero-order valence-corrected chi connectivity index (χ0v) is 10.1. The van der Waals surface area contributed by atoms with Crippen LogP contribution in [0.5, 0.6) is 0 Å². The molecule has 0 spiro atoms. The number of benzene rings is 1. The first kappa shape index (κ1) is 10.1. The summed E-state index contributed by atoms with van der Waals surface area (Å²) in [6, 6.07) is 1.55. The van der Waals surface area contributed by atoms with Crippen molar-refractivity contribution < 1.29 is 4.42 Å². The summed E-state index contributed by atoms with van der Waals surface area (Å²) in [7, 11) is 1.58. The predicted molar refractivity (Wildman–Crippen MR) is 59.2 cm³/mol. The second-order valence-corrected chi connectivity index (χ2v) is 4.34. The normalized spacial score (nSPS) is 11.1. The lowest BCUT2D eigenvalue weighted by Crippen LogP contribution is -2.08. The van der Waals surface area contributed by atoms with Gasteiger partial charge in [-0.05, 0) is 15.9 Å². The second kappa shape index (κ2) is 3.29. The average Bonchev–Trinajstić information content (AvgIpc) is 2.39. The Labute approximate surface area is 97.3 Å². The molecule has 0 bridgehead atoms. The first-order valence-electron chi connectivity index (χ1n) is 3.65. The summed E-state index contributed by atoms with van der Waals surface area (Å²) in [4.78, 5) is 11.2. The van der Waals surface area contributed by atoms with Gasteiger partial charge in [-0.1, -0.05) is 23.2 Å². The van der Waals surface area contributed by atoms with Crippen LogP contribution in [0.25, 0.3) is 11.1 Å². The van der Waals surface area contributed by atoms with E-state index < -0.39 is 5.76 Å². The van der Waals surface area contributed by atoms with E-state index in [4.69, 9.17) is 27.6 Å². The zero-order chi connectivity index (χ0) is 10.5. The molecular weight excluding hydrogens is 293 g/mol. The number of rotatable bonds is 0. The van der Waals surface area contributed by atoms with Crippen molar-refractivity contribution in [3.63, 3.8) is 0 Å². The number of hydrogen-bond acceptors (Lipinski definition) is 2. The van der Waals surface area contributed by atoms with Crippen LogP contribution in [0.2, 0.25) is 10.0 Å². The molecule has 14 heavy (non-hydrogen) atoms. The largest absolute Gasteiger partial charge is 0.419 e. The minimum absolute atomic E-state index is 0.376. The van der Waals surface area contributed by atoms with Crippen molar-refractivity contribution in [2.45, 2.75) is 0 Å². The number of oxazole rings is 1. The number of aryl methyl sites for hydroxylation is 1. The van der Waals surface area contributed by atoms with E-state index in [0.29, 0.717) is 25.6 Å². The van der Waals surface area contributed by atoms with Gasteiger partial charge in [0.2, 0.25) is 0 Å². The van der Waals surface area contributed by atoms with Crippen LogP contribution in [-0.4, -0.2) is 4.57 Å². The van der Waals surface area contributed by atoms with Gasteiger partial charge in [-0.2, -0.15) is 0 Å². The molecule has 0 amide bonds. The maximum Gasteiger partial charge on any atom is 0.419 e. The molecule has 3 nitrogen and oxygen atoms in total. The smallest absolute Gasteiger partial charge is 0.408 e. The first-order valence-corrected chi connectivity index (χ1v) is 5.20. The van der Waals surface area contributed by atoms with Gasteiger partial charge in [-0.25, -0.2) is 4.79 Å². The van der Waals surface area contributed by atoms with Crippen molar-refractivity contribution in [1.82, 2.24) is 4.57 Å². The van der Waals surface area contributed by atoms with Crippen LogP contribution in [0.3, 0.4) is 0 Å². The molecule has 1 aromatic carbocycles. The van der Waals surface area contributed by atoms with E-state index in [-0.39, 0.29) is 0 Å². The molecule has 0 unspecified atom stereocenters. The molecule has 2 rings (SSSR count). The van der Waals surface area contributed by atoms with Crippen LogP contribution < -0.4 is 5.76 Å². The molecule has 2 aromatic rings. The lowest BCUT2D eigenvalue weighted by atomic mass is 10.3. The minimum Gasteiger partial charge on any atom is -0.408 e. The van der Waals surface area contributed by atoms with Gasteiger partial charge in [-0.15, -0.1) is 0 Å². The highest BCUT2D eigenvalue weighted by molar-refractivity contribution is 9.10. The number of nitrogens with zero attached hydrogens (tertiary/aromatic N) is 1. The van der Waals surface area contributed by atoms with Crippen molar-refractivity contribution in [2.24, 2.45) is 7.05 Å². The van der Waals surface area contributed by atoms with Crippen molar-refractivity contribution in [3.8, 4) is 0 Å². The maximum atomic E-state index is 11.2. The summed E-state index contributed by atoms with van der Waals surface area (Å²) in [6.07, 6.45) is 0. The van der Waals surface area contributed by atoms with Crippen LogP contribution >= 0.6 is 39.1 Å². The second-order valence-electron chi connectivity index (χ2n) is 2.76. The molecular formula is C8H4BrCl2NO2. The van der Waals surface area contributed by atoms with Crippen molar-refractivity contribution in [1.29, 1.82) is 0 Å². The lowest BCUT2D eigenvalue weighted by Gasteiger charge is -2.00. The van der Waals surface area contributed by atoms with Crippen LogP contribution in [0.1, 0.15) is 0 Å². The standard InChI is InChI=1S/C8H4BrCl2NO2/c1-12-7-4(14-8(12)13)2-3(10)5(9)6(7)11/h2H,1H3. The summed E-state index contributed by atoms with van der Waals surface area (Å²) in [5.41, 5.74) is 0.920. The molecule has 0 aliphatic carbocycles. The van der Waals surface area contributed by atoms with E-state index in [1.165, 1.54) is 4.57 Å². The fourth-order valence-electron chi connectivity index (χ4n) is 1.21. The Bertz CT molecular complexity index is 573. The highest BCUT2D eigenvalue weighted by Crippen LogP contribution is 2.36. The summed E-state index contributed by atoms with van der Waals surface area (Å²) < 4.78 is 6.83. The Morgan fingerprint density at radius 2 is 2.14 bits per heavy atom. The number of fused-ring (bicyclic) bond motifs is 1. The van der Waals surface area contributed by atoms with E-state index in [9.17, 15) is 4.79 Å². The van der Waals surface area contributed by atoms with Gasteiger partial charge < -0.3 is 4.42 Å². The Kier molecular flexibility index (Phi) is 2.37. The third-order valence-corrected chi connectivity index (χ3v) is 3.85. The van der Waals surface area contributed by atoms with Crippen molar-refractivity contribution in [2.75, 3.05) is 0 Å².